The van der Waals surface area contributed by atoms with Crippen molar-refractivity contribution in [1.82, 2.24) is 5.48 Å². The summed E-state index contributed by atoms with van der Waals surface area (Å²) in [6.07, 6.45) is 2.09. The Morgan fingerprint density at radius 2 is 2.30 bits per heavy atom. The standard InChI is InChI=1S/C5H13N3O.ClH/c1-2-3-4-7-5(6)8-9;/h9H,2-4H2,1H3,(H3,6,7,8);1H. The fourth-order valence-electron chi connectivity index (χ4n) is 0.393. The number of nitrogens with one attached hydrogen (secondary N) is 1. The van der Waals surface area contributed by atoms with Crippen LogP contribution in [0.3, 0.4) is 0 Å². The van der Waals surface area contributed by atoms with Crippen molar-refractivity contribution in [3.8, 4) is 0 Å². The Morgan fingerprint density at radius 1 is 1.70 bits per heavy atom. The van der Waals surface area contributed by atoms with Gasteiger partial charge in [0.05, 0.1) is 0 Å². The van der Waals surface area contributed by atoms with E-state index in [9.17, 15) is 0 Å². The van der Waals surface area contributed by atoms with Crippen LogP contribution in [0.2, 0.25) is 0 Å². The zero-order chi connectivity index (χ0) is 7.11. The summed E-state index contributed by atoms with van der Waals surface area (Å²) < 4.78 is 0. The fourth-order valence-corrected chi connectivity index (χ4v) is 0.393. The molecule has 0 aliphatic rings. The monoisotopic (exact) mass is 167 g/mol. The molecule has 0 radical (unpaired) electrons. The molecule has 0 bridgehead atoms. The Bertz CT molecular complexity index is 96.9. The lowest BCUT2D eigenvalue weighted by Gasteiger charge is -1.94. The van der Waals surface area contributed by atoms with Gasteiger partial charge in [0, 0.05) is 6.54 Å². The number of hydroxylamine groups is 1. The highest BCUT2D eigenvalue weighted by molar-refractivity contribution is 5.85. The summed E-state index contributed by atoms with van der Waals surface area (Å²) in [7, 11) is 0. The molecule has 0 spiro atoms. The Hall–Kier alpha value is -0.480. The zero-order valence-electron chi connectivity index (χ0n) is 6.00. The van der Waals surface area contributed by atoms with Crippen LogP contribution in [0, 0.1) is 0 Å². The molecule has 0 saturated carbocycles. The second-order valence-electron chi connectivity index (χ2n) is 1.73. The topological polar surface area (TPSA) is 70.6 Å². The van der Waals surface area contributed by atoms with Crippen molar-refractivity contribution >= 4 is 18.4 Å². The molecule has 4 nitrogen and oxygen atoms in total. The van der Waals surface area contributed by atoms with Crippen molar-refractivity contribution < 1.29 is 5.21 Å². The predicted octanol–water partition coefficient (Wildman–Crippen LogP) is 0.502. The van der Waals surface area contributed by atoms with Gasteiger partial charge in [-0.25, -0.2) is 5.48 Å². The third kappa shape index (κ3) is 7.52. The first kappa shape index (κ1) is 12.2. The fraction of sp³-hybridized carbons (Fsp3) is 0.800. The average Bonchev–Trinajstić information content (AvgIpc) is 1.89. The lowest BCUT2D eigenvalue weighted by molar-refractivity contribution is 0.232. The summed E-state index contributed by atoms with van der Waals surface area (Å²) in [6.45, 7) is 2.74. The molecule has 4 N–H and O–H groups in total. The van der Waals surface area contributed by atoms with Crippen molar-refractivity contribution in [2.24, 2.45) is 10.7 Å². The van der Waals surface area contributed by atoms with Crippen LogP contribution in [0.25, 0.3) is 0 Å². The molecule has 0 unspecified atom stereocenters. The zero-order valence-corrected chi connectivity index (χ0v) is 6.82. The minimum absolute atomic E-state index is 0. The normalized spacial score (nSPS) is 10.4. The molecule has 10 heavy (non-hydrogen) atoms. The van der Waals surface area contributed by atoms with Gasteiger partial charge >= 0.3 is 0 Å². The van der Waals surface area contributed by atoms with Gasteiger partial charge in [0.1, 0.15) is 0 Å². The summed E-state index contributed by atoms with van der Waals surface area (Å²) in [5.41, 5.74) is 6.85. The number of nitrogens with two attached hydrogens (primary N) is 1. The highest BCUT2D eigenvalue weighted by Crippen LogP contribution is 1.85. The van der Waals surface area contributed by atoms with Gasteiger partial charge in [-0.2, -0.15) is 0 Å². The Kier molecular flexibility index (Phi) is 10.4. The van der Waals surface area contributed by atoms with Crippen LogP contribution in [-0.2, 0) is 0 Å². The number of aliphatic imine (C=N–C) groups is 1. The number of unbranched alkanes of at least 4 members (excludes halogenated alkanes) is 1. The van der Waals surface area contributed by atoms with E-state index in [0.717, 1.165) is 12.8 Å². The molecule has 0 rings (SSSR count). The van der Waals surface area contributed by atoms with Gasteiger partial charge in [-0.3, -0.25) is 10.2 Å². The molecule has 0 atom stereocenters. The smallest absolute Gasteiger partial charge is 0.212 e. The van der Waals surface area contributed by atoms with Crippen LogP contribution in [0.1, 0.15) is 19.8 Å². The minimum Gasteiger partial charge on any atom is -0.368 e. The molecule has 0 saturated heterocycles. The van der Waals surface area contributed by atoms with Crippen molar-refractivity contribution in [2.75, 3.05) is 6.54 Å². The Balaban J connectivity index is 0. The minimum atomic E-state index is 0. The Labute approximate surface area is 66.9 Å². The molecule has 0 aromatic heterocycles. The molecule has 5 heteroatoms. The van der Waals surface area contributed by atoms with Gasteiger partial charge < -0.3 is 5.73 Å². The van der Waals surface area contributed by atoms with E-state index in [4.69, 9.17) is 10.9 Å². The average molecular weight is 168 g/mol. The van der Waals surface area contributed by atoms with Gasteiger partial charge in [-0.05, 0) is 6.42 Å². The molecule has 62 valence electrons. The highest BCUT2D eigenvalue weighted by atomic mass is 35.5. The number of rotatable bonds is 3. The van der Waals surface area contributed by atoms with Gasteiger partial charge in [0.15, 0.2) is 0 Å². The molecule has 0 fully saturated rings. The van der Waals surface area contributed by atoms with Crippen LogP contribution in [0.4, 0.5) is 0 Å². The predicted molar refractivity (Wildman–Crippen MR) is 43.6 cm³/mol. The van der Waals surface area contributed by atoms with Crippen molar-refractivity contribution in [3.63, 3.8) is 0 Å². The molecular weight excluding hydrogens is 154 g/mol. The van der Waals surface area contributed by atoms with Crippen LogP contribution in [0.15, 0.2) is 4.99 Å². The first-order chi connectivity index (χ1) is 4.31. The second-order valence-corrected chi connectivity index (χ2v) is 1.73. The van der Waals surface area contributed by atoms with Crippen LogP contribution in [0.5, 0.6) is 0 Å². The molecule has 0 aliphatic carbocycles. The molecule has 0 aromatic rings. The van der Waals surface area contributed by atoms with Crippen LogP contribution >= 0.6 is 12.4 Å². The maximum atomic E-state index is 8.13. The number of guanidine groups is 1. The maximum Gasteiger partial charge on any atom is 0.212 e. The maximum absolute atomic E-state index is 8.13. The molecule has 0 heterocycles. The third-order valence-electron chi connectivity index (χ3n) is 0.908. The largest absolute Gasteiger partial charge is 0.368 e. The van der Waals surface area contributed by atoms with Gasteiger partial charge in [0.2, 0.25) is 5.96 Å². The summed E-state index contributed by atoms with van der Waals surface area (Å²) in [4.78, 5) is 3.77. The molecule has 0 aromatic carbocycles. The van der Waals surface area contributed by atoms with Gasteiger partial charge in [0.25, 0.3) is 0 Å². The first-order valence-corrected chi connectivity index (χ1v) is 3.01. The van der Waals surface area contributed by atoms with E-state index in [1.165, 1.54) is 0 Å². The van der Waals surface area contributed by atoms with Crippen LogP contribution < -0.4 is 11.2 Å². The van der Waals surface area contributed by atoms with Crippen molar-refractivity contribution in [1.29, 1.82) is 0 Å². The molecular formula is C5H14ClN3O. The summed E-state index contributed by atoms with van der Waals surface area (Å²) in [5.74, 6) is 0.0865. The lowest BCUT2D eigenvalue weighted by Crippen LogP contribution is -2.28. The van der Waals surface area contributed by atoms with E-state index < -0.39 is 0 Å². The van der Waals surface area contributed by atoms with Crippen molar-refractivity contribution in [2.45, 2.75) is 19.8 Å². The Morgan fingerprint density at radius 3 is 2.70 bits per heavy atom. The quantitative estimate of drug-likeness (QED) is 0.248. The lowest BCUT2D eigenvalue weighted by atomic mass is 10.3. The SMILES string of the molecule is CCCCN=C(N)NO.Cl. The van der Waals surface area contributed by atoms with Crippen LogP contribution in [-0.4, -0.2) is 17.7 Å². The van der Waals surface area contributed by atoms with E-state index in [1.807, 2.05) is 0 Å². The first-order valence-electron chi connectivity index (χ1n) is 3.01. The molecule has 0 aliphatic heterocycles. The third-order valence-corrected chi connectivity index (χ3v) is 0.908. The van der Waals surface area contributed by atoms with Gasteiger partial charge in [-0.1, -0.05) is 13.3 Å². The number of nitrogens with zero attached hydrogens (tertiary/aromatic N) is 1. The summed E-state index contributed by atoms with van der Waals surface area (Å²) in [6, 6.07) is 0. The van der Waals surface area contributed by atoms with Gasteiger partial charge in [-0.15, -0.1) is 12.4 Å². The van der Waals surface area contributed by atoms with E-state index >= 15 is 0 Å². The number of hydrogen-bond donors (Lipinski definition) is 3. The number of halogens is 1. The number of hydrogen-bond acceptors (Lipinski definition) is 2. The van der Waals surface area contributed by atoms with E-state index in [2.05, 4.69) is 11.9 Å². The summed E-state index contributed by atoms with van der Waals surface area (Å²) in [5, 5.41) is 8.13. The van der Waals surface area contributed by atoms with E-state index in [1.54, 1.807) is 5.48 Å². The van der Waals surface area contributed by atoms with E-state index in [0.29, 0.717) is 6.54 Å². The second kappa shape index (κ2) is 8.52. The van der Waals surface area contributed by atoms with E-state index in [-0.39, 0.29) is 18.4 Å². The summed E-state index contributed by atoms with van der Waals surface area (Å²) >= 11 is 0. The van der Waals surface area contributed by atoms with Crippen molar-refractivity contribution in [3.05, 3.63) is 0 Å². The molecule has 0 amide bonds. The highest BCUT2D eigenvalue weighted by Gasteiger charge is 1.83.